The second-order valence-electron chi connectivity index (χ2n) is 7.15. The number of likely N-dealkylation sites (tertiary alicyclic amines) is 1. The van der Waals surface area contributed by atoms with Gasteiger partial charge in [-0.25, -0.2) is 0 Å². The molecule has 1 aliphatic carbocycles. The van der Waals surface area contributed by atoms with Gasteiger partial charge < -0.3 is 20.7 Å². The first-order valence-corrected chi connectivity index (χ1v) is 9.01. The number of carbonyl (C=O) groups excluding carboxylic acids is 2. The standard InChI is InChI=1S/C19H27N3O3.ClH/c1-12-5-8-17(25-2)15(10-12)21-18(23)16-4-3-9-22(16)19(24)13-6-7-14(20)11-13;/h5,8,10,13-14,16H,3-4,6-7,9,11,20H2,1-2H3,(H,21,23);1H. The van der Waals surface area contributed by atoms with E-state index in [1.165, 1.54) is 0 Å². The van der Waals surface area contributed by atoms with Crippen molar-refractivity contribution in [3.05, 3.63) is 23.8 Å². The minimum atomic E-state index is -0.408. The lowest BCUT2D eigenvalue weighted by atomic mass is 10.1. The number of anilines is 1. The number of carbonyl (C=O) groups is 2. The van der Waals surface area contributed by atoms with E-state index in [2.05, 4.69) is 5.32 Å². The van der Waals surface area contributed by atoms with E-state index in [9.17, 15) is 9.59 Å². The summed E-state index contributed by atoms with van der Waals surface area (Å²) in [6.07, 6.45) is 4.01. The van der Waals surface area contributed by atoms with Gasteiger partial charge in [-0.15, -0.1) is 12.4 Å². The molecule has 3 rings (SSSR count). The first kappa shape index (κ1) is 20.5. The fourth-order valence-corrected chi connectivity index (χ4v) is 3.91. The van der Waals surface area contributed by atoms with Crippen molar-refractivity contribution in [1.82, 2.24) is 4.90 Å². The Hall–Kier alpha value is -1.79. The lowest BCUT2D eigenvalue weighted by Crippen LogP contribution is -2.45. The molecule has 6 nitrogen and oxygen atoms in total. The molecule has 3 atom stereocenters. The molecule has 1 aromatic carbocycles. The first-order chi connectivity index (χ1) is 12.0. The van der Waals surface area contributed by atoms with Gasteiger partial charge in [0, 0.05) is 18.5 Å². The molecular weight excluding hydrogens is 354 g/mol. The van der Waals surface area contributed by atoms with Gasteiger partial charge in [0.15, 0.2) is 0 Å². The third kappa shape index (κ3) is 4.30. The number of halogens is 1. The molecule has 1 aliphatic heterocycles. The van der Waals surface area contributed by atoms with Crippen LogP contribution in [0, 0.1) is 12.8 Å². The molecule has 2 amide bonds. The number of nitrogens with zero attached hydrogens (tertiary/aromatic N) is 1. The van der Waals surface area contributed by atoms with Crippen molar-refractivity contribution in [3.63, 3.8) is 0 Å². The average molecular weight is 382 g/mol. The van der Waals surface area contributed by atoms with E-state index in [0.717, 1.165) is 31.2 Å². The first-order valence-electron chi connectivity index (χ1n) is 9.01. The summed E-state index contributed by atoms with van der Waals surface area (Å²) in [7, 11) is 1.58. The van der Waals surface area contributed by atoms with E-state index in [-0.39, 0.29) is 36.2 Å². The molecule has 1 heterocycles. The number of hydrogen-bond donors (Lipinski definition) is 2. The molecule has 3 N–H and O–H groups in total. The van der Waals surface area contributed by atoms with Crippen LogP contribution in [0.1, 0.15) is 37.7 Å². The minimum absolute atomic E-state index is 0. The number of nitrogens with two attached hydrogens (primary N) is 1. The van der Waals surface area contributed by atoms with Crippen molar-refractivity contribution in [2.75, 3.05) is 19.0 Å². The minimum Gasteiger partial charge on any atom is -0.495 e. The van der Waals surface area contributed by atoms with Crippen molar-refractivity contribution in [2.24, 2.45) is 11.7 Å². The summed E-state index contributed by atoms with van der Waals surface area (Å²) in [4.78, 5) is 27.4. The van der Waals surface area contributed by atoms with Crippen LogP contribution < -0.4 is 15.8 Å². The van der Waals surface area contributed by atoms with Crippen LogP contribution in [0.25, 0.3) is 0 Å². The lowest BCUT2D eigenvalue weighted by molar-refractivity contribution is -0.140. The van der Waals surface area contributed by atoms with Gasteiger partial charge in [0.25, 0.3) is 0 Å². The van der Waals surface area contributed by atoms with Crippen LogP contribution in [-0.2, 0) is 9.59 Å². The molecule has 1 saturated heterocycles. The fraction of sp³-hybridized carbons (Fsp3) is 0.579. The smallest absolute Gasteiger partial charge is 0.247 e. The zero-order valence-corrected chi connectivity index (χ0v) is 16.2. The van der Waals surface area contributed by atoms with Crippen LogP contribution in [0.2, 0.25) is 0 Å². The SMILES string of the molecule is COc1ccc(C)cc1NC(=O)C1CCCN1C(=O)C1CCC(N)C1.Cl. The Morgan fingerprint density at radius 2 is 2.04 bits per heavy atom. The third-order valence-electron chi connectivity index (χ3n) is 5.27. The zero-order valence-electron chi connectivity index (χ0n) is 15.4. The maximum atomic E-state index is 12.8. The van der Waals surface area contributed by atoms with Crippen LogP contribution in [0.4, 0.5) is 5.69 Å². The molecule has 0 aromatic heterocycles. The van der Waals surface area contributed by atoms with Crippen LogP contribution in [0.15, 0.2) is 18.2 Å². The predicted molar refractivity (Wildman–Crippen MR) is 104 cm³/mol. The normalized spacial score (nSPS) is 24.9. The summed E-state index contributed by atoms with van der Waals surface area (Å²) >= 11 is 0. The number of hydrogen-bond acceptors (Lipinski definition) is 4. The van der Waals surface area contributed by atoms with Crippen LogP contribution in [0.5, 0.6) is 5.75 Å². The summed E-state index contributed by atoms with van der Waals surface area (Å²) in [6, 6.07) is 5.36. The van der Waals surface area contributed by atoms with Crippen LogP contribution in [-0.4, -0.2) is 42.5 Å². The Kier molecular flexibility index (Phi) is 6.89. The van der Waals surface area contributed by atoms with Crippen LogP contribution >= 0.6 is 12.4 Å². The van der Waals surface area contributed by atoms with Gasteiger partial charge in [-0.05, 0) is 56.7 Å². The summed E-state index contributed by atoms with van der Waals surface area (Å²) in [6.45, 7) is 2.61. The molecule has 2 aliphatic rings. The van der Waals surface area contributed by atoms with Crippen molar-refractivity contribution >= 4 is 29.9 Å². The molecule has 7 heteroatoms. The van der Waals surface area contributed by atoms with E-state index in [0.29, 0.717) is 24.4 Å². The Bertz CT molecular complexity index is 667. The van der Waals surface area contributed by atoms with Crippen LogP contribution in [0.3, 0.4) is 0 Å². The van der Waals surface area contributed by atoms with Crippen molar-refractivity contribution in [2.45, 2.75) is 51.1 Å². The summed E-state index contributed by atoms with van der Waals surface area (Å²) < 4.78 is 5.32. The monoisotopic (exact) mass is 381 g/mol. The number of ether oxygens (including phenoxy) is 1. The summed E-state index contributed by atoms with van der Waals surface area (Å²) in [5, 5.41) is 2.95. The number of nitrogens with one attached hydrogen (secondary N) is 1. The maximum Gasteiger partial charge on any atom is 0.247 e. The molecule has 0 spiro atoms. The molecule has 26 heavy (non-hydrogen) atoms. The molecular formula is C19H28ClN3O3. The van der Waals surface area contributed by atoms with E-state index >= 15 is 0 Å². The highest BCUT2D eigenvalue weighted by molar-refractivity contribution is 5.98. The van der Waals surface area contributed by atoms with Gasteiger partial charge in [0.1, 0.15) is 11.8 Å². The van der Waals surface area contributed by atoms with Gasteiger partial charge in [-0.1, -0.05) is 6.07 Å². The maximum absolute atomic E-state index is 12.8. The Morgan fingerprint density at radius 1 is 1.27 bits per heavy atom. The van der Waals surface area contributed by atoms with Crippen molar-refractivity contribution in [1.29, 1.82) is 0 Å². The van der Waals surface area contributed by atoms with Gasteiger partial charge in [0.05, 0.1) is 12.8 Å². The van der Waals surface area contributed by atoms with Crippen molar-refractivity contribution in [3.8, 4) is 5.75 Å². The molecule has 1 aromatic rings. The molecule has 0 radical (unpaired) electrons. The number of amides is 2. The quantitative estimate of drug-likeness (QED) is 0.839. The summed E-state index contributed by atoms with van der Waals surface area (Å²) in [5.74, 6) is 0.535. The average Bonchev–Trinajstić information content (AvgIpc) is 3.23. The number of benzene rings is 1. The summed E-state index contributed by atoms with van der Waals surface area (Å²) in [5.41, 5.74) is 7.63. The molecule has 3 unspecified atom stereocenters. The molecule has 144 valence electrons. The fourth-order valence-electron chi connectivity index (χ4n) is 3.91. The lowest BCUT2D eigenvalue weighted by Gasteiger charge is -2.27. The second kappa shape index (κ2) is 8.73. The highest BCUT2D eigenvalue weighted by atomic mass is 35.5. The molecule has 2 fully saturated rings. The second-order valence-corrected chi connectivity index (χ2v) is 7.15. The Labute approximate surface area is 160 Å². The number of rotatable bonds is 4. The topological polar surface area (TPSA) is 84.7 Å². The largest absolute Gasteiger partial charge is 0.495 e. The highest BCUT2D eigenvalue weighted by Crippen LogP contribution is 2.31. The van der Waals surface area contributed by atoms with Gasteiger partial charge in [-0.3, -0.25) is 9.59 Å². The van der Waals surface area contributed by atoms with E-state index in [4.69, 9.17) is 10.5 Å². The van der Waals surface area contributed by atoms with Gasteiger partial charge in [0.2, 0.25) is 11.8 Å². The Balaban J connectivity index is 0.00000243. The number of methoxy groups -OCH3 is 1. The zero-order chi connectivity index (χ0) is 18.0. The molecule has 0 bridgehead atoms. The van der Waals surface area contributed by atoms with Crippen molar-refractivity contribution < 1.29 is 14.3 Å². The third-order valence-corrected chi connectivity index (χ3v) is 5.27. The van der Waals surface area contributed by atoms with Gasteiger partial charge in [-0.2, -0.15) is 0 Å². The van der Waals surface area contributed by atoms with E-state index in [1.807, 2.05) is 25.1 Å². The Morgan fingerprint density at radius 3 is 2.69 bits per heavy atom. The van der Waals surface area contributed by atoms with E-state index < -0.39 is 6.04 Å². The molecule has 1 saturated carbocycles. The predicted octanol–water partition coefficient (Wildman–Crippen LogP) is 2.48. The highest BCUT2D eigenvalue weighted by Gasteiger charge is 2.39. The van der Waals surface area contributed by atoms with Gasteiger partial charge >= 0.3 is 0 Å². The van der Waals surface area contributed by atoms with E-state index in [1.54, 1.807) is 12.0 Å². The number of aryl methyl sites for hydroxylation is 1.